The van der Waals surface area contributed by atoms with Gasteiger partial charge in [-0.3, -0.25) is 9.59 Å². The van der Waals surface area contributed by atoms with Gasteiger partial charge in [0.15, 0.2) is 0 Å². The second-order valence-electron chi connectivity index (χ2n) is 11.1. The number of halogens is 3. The Morgan fingerprint density at radius 3 is 2.40 bits per heavy atom. The number of carbonyl (C=O) groups is 3. The molecule has 5 aromatic rings. The van der Waals surface area contributed by atoms with Gasteiger partial charge >= 0.3 is 12.1 Å². The summed E-state index contributed by atoms with van der Waals surface area (Å²) < 4.78 is 42.5. The van der Waals surface area contributed by atoms with Crippen LogP contribution < -0.4 is 16.0 Å². The SMILES string of the molecule is Cc1cn(-c2cc(C(=O)Nc3cccc(Nc4ccc5c(c4)NC(=O)/C5=C\c4[nH]c(C)c(C(=O)O)c4C)c3)cc(C(F)(F)F)c2)cn1. The fraction of sp³-hybridized carbons (Fsp3) is 0.118. The molecule has 3 aromatic carbocycles. The number of H-pyrrole nitrogens is 1. The topological polar surface area (TPSA) is 141 Å². The molecule has 5 N–H and O–H groups in total. The average Bonchev–Trinajstić information content (AvgIpc) is 3.66. The predicted octanol–water partition coefficient (Wildman–Crippen LogP) is 7.33. The molecule has 238 valence electrons. The number of carbonyl (C=O) groups excluding carboxylic acids is 2. The monoisotopic (exact) mass is 640 g/mol. The maximum atomic E-state index is 13.7. The van der Waals surface area contributed by atoms with Crippen LogP contribution in [0, 0.1) is 20.8 Å². The van der Waals surface area contributed by atoms with Gasteiger partial charge in [0.25, 0.3) is 11.8 Å². The Morgan fingerprint density at radius 2 is 1.72 bits per heavy atom. The van der Waals surface area contributed by atoms with Crippen molar-refractivity contribution in [3.05, 3.63) is 118 Å². The lowest BCUT2D eigenvalue weighted by atomic mass is 10.0. The van der Waals surface area contributed by atoms with Gasteiger partial charge in [-0.1, -0.05) is 12.1 Å². The van der Waals surface area contributed by atoms with Gasteiger partial charge in [-0.15, -0.1) is 0 Å². The van der Waals surface area contributed by atoms with Crippen molar-refractivity contribution in [2.75, 3.05) is 16.0 Å². The quantitative estimate of drug-likeness (QED) is 0.118. The number of hydrogen-bond donors (Lipinski definition) is 5. The van der Waals surface area contributed by atoms with Crippen molar-refractivity contribution in [3.63, 3.8) is 0 Å². The maximum Gasteiger partial charge on any atom is 0.416 e. The largest absolute Gasteiger partial charge is 0.478 e. The number of hydrogen-bond acceptors (Lipinski definition) is 5. The van der Waals surface area contributed by atoms with Crippen LogP contribution in [0.2, 0.25) is 0 Å². The van der Waals surface area contributed by atoms with E-state index in [0.717, 1.165) is 12.1 Å². The van der Waals surface area contributed by atoms with Crippen LogP contribution in [0.3, 0.4) is 0 Å². The van der Waals surface area contributed by atoms with E-state index in [2.05, 4.69) is 25.9 Å². The highest BCUT2D eigenvalue weighted by Gasteiger charge is 2.32. The van der Waals surface area contributed by atoms with Crippen LogP contribution in [0.15, 0.2) is 73.2 Å². The van der Waals surface area contributed by atoms with Gasteiger partial charge in [0, 0.05) is 51.5 Å². The molecule has 1 aliphatic heterocycles. The standard InChI is InChI=1S/C34H27F3N6O4/c1-17-15-43(16-38-17)25-10-20(9-21(11-25)34(35,36)37)31(44)41-23-6-4-5-22(12-23)40-24-7-8-26-27(32(45)42-29(26)13-24)14-28-18(2)30(33(46)47)19(3)39-28/h4-16,39-40H,1-3H3,(H,41,44)(H,42,45)(H,46,47)/b27-14-. The van der Waals surface area contributed by atoms with E-state index in [9.17, 15) is 32.7 Å². The lowest BCUT2D eigenvalue weighted by Crippen LogP contribution is -2.15. The molecule has 0 aliphatic carbocycles. The molecule has 10 nitrogen and oxygen atoms in total. The molecule has 0 atom stereocenters. The van der Waals surface area contributed by atoms with Gasteiger partial charge in [-0.25, -0.2) is 9.78 Å². The summed E-state index contributed by atoms with van der Waals surface area (Å²) in [5.74, 6) is -2.12. The van der Waals surface area contributed by atoms with E-state index in [1.165, 1.54) is 17.0 Å². The average molecular weight is 641 g/mol. The van der Waals surface area contributed by atoms with Crippen LogP contribution in [0.5, 0.6) is 0 Å². The Bertz CT molecular complexity index is 2130. The van der Waals surface area contributed by atoms with E-state index in [1.54, 1.807) is 75.5 Å². The molecule has 13 heteroatoms. The molecule has 2 aromatic heterocycles. The summed E-state index contributed by atoms with van der Waals surface area (Å²) in [7, 11) is 0. The lowest BCUT2D eigenvalue weighted by molar-refractivity contribution is -0.137. The van der Waals surface area contributed by atoms with Gasteiger partial charge in [0.2, 0.25) is 0 Å². The maximum absolute atomic E-state index is 13.7. The summed E-state index contributed by atoms with van der Waals surface area (Å²) in [4.78, 5) is 44.7. The number of anilines is 4. The van der Waals surface area contributed by atoms with E-state index in [1.807, 2.05) is 0 Å². The number of aromatic amines is 1. The van der Waals surface area contributed by atoms with Crippen molar-refractivity contribution in [1.29, 1.82) is 0 Å². The number of fused-ring (bicyclic) bond motifs is 1. The minimum absolute atomic E-state index is 0.144. The molecule has 0 radical (unpaired) electrons. The summed E-state index contributed by atoms with van der Waals surface area (Å²) in [6, 6.07) is 15.0. The van der Waals surface area contributed by atoms with Crippen molar-refractivity contribution >= 4 is 52.2 Å². The number of nitrogens with zero attached hydrogens (tertiary/aromatic N) is 2. The minimum atomic E-state index is -4.67. The zero-order valence-electron chi connectivity index (χ0n) is 25.2. The number of aryl methyl sites for hydroxylation is 2. The molecule has 1 aliphatic rings. The second-order valence-corrected chi connectivity index (χ2v) is 11.1. The van der Waals surface area contributed by atoms with Crippen molar-refractivity contribution in [3.8, 4) is 5.69 Å². The van der Waals surface area contributed by atoms with Crippen molar-refractivity contribution in [2.24, 2.45) is 0 Å². The molecular weight excluding hydrogens is 613 g/mol. The fourth-order valence-electron chi connectivity index (χ4n) is 5.46. The summed E-state index contributed by atoms with van der Waals surface area (Å²) >= 11 is 0. The van der Waals surface area contributed by atoms with Crippen molar-refractivity contribution in [1.82, 2.24) is 14.5 Å². The highest BCUT2D eigenvalue weighted by Crippen LogP contribution is 2.37. The zero-order chi connectivity index (χ0) is 33.6. The summed E-state index contributed by atoms with van der Waals surface area (Å²) in [5.41, 5.74) is 4.39. The molecule has 6 rings (SSSR count). The zero-order valence-corrected chi connectivity index (χ0v) is 25.2. The molecule has 3 heterocycles. The number of aromatic carboxylic acids is 1. The number of alkyl halides is 3. The van der Waals surface area contributed by atoms with Gasteiger partial charge in [-0.05, 0) is 80.9 Å². The van der Waals surface area contributed by atoms with E-state index in [-0.39, 0.29) is 22.7 Å². The molecule has 2 amide bonds. The molecule has 0 saturated carbocycles. The van der Waals surface area contributed by atoms with E-state index in [4.69, 9.17) is 0 Å². The number of imidazole rings is 1. The lowest BCUT2D eigenvalue weighted by Gasteiger charge is -2.14. The van der Waals surface area contributed by atoms with Crippen LogP contribution in [0.1, 0.15) is 54.5 Å². The number of carboxylic acids is 1. The van der Waals surface area contributed by atoms with Gasteiger partial charge in [0.05, 0.1) is 34.4 Å². The van der Waals surface area contributed by atoms with Crippen LogP contribution >= 0.6 is 0 Å². The number of amides is 2. The normalized spacial score (nSPS) is 13.4. The number of aromatic nitrogens is 3. The Morgan fingerprint density at radius 1 is 0.979 bits per heavy atom. The van der Waals surface area contributed by atoms with E-state index < -0.39 is 23.6 Å². The first-order valence-electron chi connectivity index (χ1n) is 14.3. The smallest absolute Gasteiger partial charge is 0.416 e. The third-order valence-corrected chi connectivity index (χ3v) is 7.71. The van der Waals surface area contributed by atoms with Gasteiger partial charge in [-0.2, -0.15) is 13.2 Å². The summed E-state index contributed by atoms with van der Waals surface area (Å²) in [6.45, 7) is 5.04. The van der Waals surface area contributed by atoms with E-state index in [0.29, 0.717) is 56.5 Å². The molecule has 0 spiro atoms. The molecular formula is C34H27F3N6O4. The Balaban J connectivity index is 1.21. The minimum Gasteiger partial charge on any atom is -0.478 e. The first-order valence-corrected chi connectivity index (χ1v) is 14.3. The van der Waals surface area contributed by atoms with Crippen LogP contribution in [0.25, 0.3) is 17.3 Å². The second kappa shape index (κ2) is 11.7. The Labute approximate surface area is 266 Å². The Kier molecular flexibility index (Phi) is 7.67. The summed E-state index contributed by atoms with van der Waals surface area (Å²) in [6.07, 6.45) is -0.100. The number of rotatable bonds is 7. The number of nitrogens with one attached hydrogen (secondary N) is 4. The van der Waals surface area contributed by atoms with Crippen LogP contribution in [-0.4, -0.2) is 37.4 Å². The highest BCUT2D eigenvalue weighted by atomic mass is 19.4. The fourth-order valence-corrected chi connectivity index (χ4v) is 5.46. The molecule has 47 heavy (non-hydrogen) atoms. The van der Waals surface area contributed by atoms with E-state index >= 15 is 0 Å². The van der Waals surface area contributed by atoms with Gasteiger partial charge in [0.1, 0.15) is 0 Å². The molecule has 0 fully saturated rings. The highest BCUT2D eigenvalue weighted by molar-refractivity contribution is 6.35. The Hall–Kier alpha value is -6.11. The van der Waals surface area contributed by atoms with Gasteiger partial charge < -0.3 is 30.6 Å². The predicted molar refractivity (Wildman–Crippen MR) is 171 cm³/mol. The third-order valence-electron chi connectivity index (χ3n) is 7.71. The van der Waals surface area contributed by atoms with Crippen molar-refractivity contribution < 1.29 is 32.7 Å². The van der Waals surface area contributed by atoms with Crippen LogP contribution in [-0.2, 0) is 11.0 Å². The number of carboxylic acid groups (broad SMARTS) is 1. The van der Waals surface area contributed by atoms with Crippen molar-refractivity contribution in [2.45, 2.75) is 26.9 Å². The van der Waals surface area contributed by atoms with Crippen LogP contribution in [0.4, 0.5) is 35.9 Å². The first kappa shape index (κ1) is 30.9. The molecule has 0 bridgehead atoms. The third kappa shape index (κ3) is 6.23. The summed E-state index contributed by atoms with van der Waals surface area (Å²) in [5, 5.41) is 18.2. The molecule has 0 saturated heterocycles. The number of benzene rings is 3. The first-order chi connectivity index (χ1) is 22.3. The molecule has 0 unspecified atom stereocenters.